The number of ether oxygens (including phenoxy) is 1. The maximum absolute atomic E-state index is 11.6. The predicted molar refractivity (Wildman–Crippen MR) is 82.2 cm³/mol. The van der Waals surface area contributed by atoms with Gasteiger partial charge in [0.25, 0.3) is 5.91 Å². The van der Waals surface area contributed by atoms with Gasteiger partial charge in [0.2, 0.25) is 5.91 Å². The molecular formula is C15H21ClN2O3. The maximum atomic E-state index is 11.6. The van der Waals surface area contributed by atoms with Gasteiger partial charge in [0.1, 0.15) is 5.75 Å². The summed E-state index contributed by atoms with van der Waals surface area (Å²) < 4.78 is 5.38. The molecule has 0 heterocycles. The topological polar surface area (TPSA) is 67.4 Å². The summed E-state index contributed by atoms with van der Waals surface area (Å²) in [5, 5.41) is 0.684. The minimum atomic E-state index is -0.571. The molecule has 116 valence electrons. The molecule has 0 bridgehead atoms. The highest BCUT2D eigenvalue weighted by atomic mass is 35.5. The van der Waals surface area contributed by atoms with Crippen molar-refractivity contribution in [1.82, 2.24) is 10.9 Å². The normalized spacial score (nSPS) is 11.0. The van der Waals surface area contributed by atoms with Crippen LogP contribution in [0.1, 0.15) is 31.9 Å². The number of amides is 2. The standard InChI is InChI=1S/C15H21ClN2O3/c1-9-6-11(7-10(2)13(9)16)21-8-12(19)17-18-14(20)15(3,4)5/h6-7H,8H2,1-5H3,(H,17,19)(H,18,20). The summed E-state index contributed by atoms with van der Waals surface area (Å²) in [6.45, 7) is 8.81. The zero-order valence-corrected chi connectivity index (χ0v) is 13.7. The maximum Gasteiger partial charge on any atom is 0.276 e. The van der Waals surface area contributed by atoms with E-state index in [0.29, 0.717) is 10.8 Å². The van der Waals surface area contributed by atoms with Gasteiger partial charge in [-0.1, -0.05) is 32.4 Å². The van der Waals surface area contributed by atoms with Gasteiger partial charge >= 0.3 is 0 Å². The third-order valence-corrected chi connectivity index (χ3v) is 3.37. The van der Waals surface area contributed by atoms with Crippen molar-refractivity contribution in [2.75, 3.05) is 6.61 Å². The van der Waals surface area contributed by atoms with Crippen LogP contribution in [0.3, 0.4) is 0 Å². The van der Waals surface area contributed by atoms with E-state index in [-0.39, 0.29) is 12.5 Å². The molecule has 0 fully saturated rings. The molecule has 0 saturated heterocycles. The highest BCUT2D eigenvalue weighted by Gasteiger charge is 2.21. The molecule has 2 N–H and O–H groups in total. The first kappa shape index (κ1) is 17.3. The van der Waals surface area contributed by atoms with Gasteiger partial charge in [-0.05, 0) is 37.1 Å². The lowest BCUT2D eigenvalue weighted by Crippen LogP contribution is -2.48. The second kappa shape index (κ2) is 6.80. The molecular weight excluding hydrogens is 292 g/mol. The number of aryl methyl sites for hydroxylation is 2. The van der Waals surface area contributed by atoms with Gasteiger partial charge in [-0.25, -0.2) is 0 Å². The van der Waals surface area contributed by atoms with Crippen molar-refractivity contribution < 1.29 is 14.3 Å². The van der Waals surface area contributed by atoms with Crippen molar-refractivity contribution in [3.05, 3.63) is 28.3 Å². The van der Waals surface area contributed by atoms with E-state index >= 15 is 0 Å². The number of hydrazine groups is 1. The van der Waals surface area contributed by atoms with Crippen LogP contribution in [0, 0.1) is 19.3 Å². The molecule has 0 aromatic heterocycles. The van der Waals surface area contributed by atoms with E-state index in [1.807, 2.05) is 13.8 Å². The molecule has 21 heavy (non-hydrogen) atoms. The predicted octanol–water partition coefficient (Wildman–Crippen LogP) is 2.53. The minimum absolute atomic E-state index is 0.190. The van der Waals surface area contributed by atoms with Crippen LogP contribution < -0.4 is 15.6 Å². The zero-order valence-electron chi connectivity index (χ0n) is 13.0. The molecule has 0 spiro atoms. The van der Waals surface area contributed by atoms with E-state index in [1.54, 1.807) is 32.9 Å². The van der Waals surface area contributed by atoms with Crippen LogP contribution >= 0.6 is 11.6 Å². The van der Waals surface area contributed by atoms with Gasteiger partial charge in [-0.2, -0.15) is 0 Å². The number of hydrogen-bond donors (Lipinski definition) is 2. The Balaban J connectivity index is 2.49. The quantitative estimate of drug-likeness (QED) is 0.843. The third kappa shape index (κ3) is 5.27. The van der Waals surface area contributed by atoms with E-state index in [9.17, 15) is 9.59 Å². The van der Waals surface area contributed by atoms with Crippen LogP contribution in [0.25, 0.3) is 0 Å². The smallest absolute Gasteiger partial charge is 0.276 e. The summed E-state index contributed by atoms with van der Waals surface area (Å²) in [4.78, 5) is 23.2. The Hall–Kier alpha value is -1.75. The van der Waals surface area contributed by atoms with Crippen LogP contribution in [-0.2, 0) is 9.59 Å². The van der Waals surface area contributed by atoms with Crippen LogP contribution in [0.15, 0.2) is 12.1 Å². The number of hydrogen-bond acceptors (Lipinski definition) is 3. The number of carbonyl (C=O) groups is 2. The molecule has 0 radical (unpaired) electrons. The molecule has 0 atom stereocenters. The molecule has 1 aromatic carbocycles. The largest absolute Gasteiger partial charge is 0.484 e. The Kier molecular flexibility index (Phi) is 5.61. The van der Waals surface area contributed by atoms with E-state index in [1.165, 1.54) is 0 Å². The van der Waals surface area contributed by atoms with Gasteiger partial charge in [0.05, 0.1) is 0 Å². The van der Waals surface area contributed by atoms with Gasteiger partial charge < -0.3 is 4.74 Å². The lowest BCUT2D eigenvalue weighted by Gasteiger charge is -2.18. The fourth-order valence-electron chi connectivity index (χ4n) is 1.49. The van der Waals surface area contributed by atoms with Crippen molar-refractivity contribution in [3.8, 4) is 5.75 Å². The van der Waals surface area contributed by atoms with Gasteiger partial charge in [0, 0.05) is 10.4 Å². The summed E-state index contributed by atoms with van der Waals surface area (Å²) in [5.41, 5.74) is 5.86. The molecule has 5 nitrogen and oxygen atoms in total. The molecule has 0 aliphatic rings. The van der Waals surface area contributed by atoms with Crippen molar-refractivity contribution in [2.45, 2.75) is 34.6 Å². The van der Waals surface area contributed by atoms with Crippen molar-refractivity contribution >= 4 is 23.4 Å². The Morgan fingerprint density at radius 3 is 2.14 bits per heavy atom. The molecule has 1 rings (SSSR count). The summed E-state index contributed by atoms with van der Waals surface area (Å²) in [6, 6.07) is 3.52. The summed E-state index contributed by atoms with van der Waals surface area (Å²) in [7, 11) is 0. The molecule has 6 heteroatoms. The lowest BCUT2D eigenvalue weighted by atomic mass is 9.96. The van der Waals surface area contributed by atoms with Gasteiger partial charge in [0.15, 0.2) is 6.61 Å². The molecule has 0 aliphatic heterocycles. The van der Waals surface area contributed by atoms with E-state index < -0.39 is 11.3 Å². The first-order chi connectivity index (χ1) is 9.61. The SMILES string of the molecule is Cc1cc(OCC(=O)NNC(=O)C(C)(C)C)cc(C)c1Cl. The summed E-state index contributed by atoms with van der Waals surface area (Å²) >= 11 is 6.06. The minimum Gasteiger partial charge on any atom is -0.484 e. The second-order valence-corrected chi connectivity index (χ2v) is 6.29. The average Bonchev–Trinajstić information content (AvgIpc) is 2.38. The second-order valence-electron chi connectivity index (χ2n) is 5.91. The average molecular weight is 313 g/mol. The van der Waals surface area contributed by atoms with Crippen molar-refractivity contribution in [2.24, 2.45) is 5.41 Å². The van der Waals surface area contributed by atoms with Crippen LogP contribution in [0.4, 0.5) is 0 Å². The molecule has 2 amide bonds. The highest BCUT2D eigenvalue weighted by molar-refractivity contribution is 6.32. The molecule has 0 aliphatic carbocycles. The lowest BCUT2D eigenvalue weighted by molar-refractivity contribution is -0.134. The first-order valence-electron chi connectivity index (χ1n) is 6.60. The van der Waals surface area contributed by atoms with E-state index in [4.69, 9.17) is 16.3 Å². The van der Waals surface area contributed by atoms with E-state index in [2.05, 4.69) is 10.9 Å². The molecule has 1 aromatic rings. The van der Waals surface area contributed by atoms with E-state index in [0.717, 1.165) is 11.1 Å². The fourth-order valence-corrected chi connectivity index (χ4v) is 1.60. The Bertz CT molecular complexity index is 527. The fraction of sp³-hybridized carbons (Fsp3) is 0.467. The van der Waals surface area contributed by atoms with Gasteiger partial charge in [-0.15, -0.1) is 0 Å². The highest BCUT2D eigenvalue weighted by Crippen LogP contribution is 2.25. The van der Waals surface area contributed by atoms with Crippen LogP contribution in [-0.4, -0.2) is 18.4 Å². The van der Waals surface area contributed by atoms with Crippen LogP contribution in [0.5, 0.6) is 5.75 Å². The van der Waals surface area contributed by atoms with Crippen molar-refractivity contribution in [3.63, 3.8) is 0 Å². The summed E-state index contributed by atoms with van der Waals surface area (Å²) in [6.07, 6.45) is 0. The zero-order chi connectivity index (χ0) is 16.2. The molecule has 0 saturated carbocycles. The third-order valence-electron chi connectivity index (χ3n) is 2.78. The van der Waals surface area contributed by atoms with Gasteiger partial charge in [-0.3, -0.25) is 20.4 Å². The Morgan fingerprint density at radius 1 is 1.14 bits per heavy atom. The number of carbonyl (C=O) groups excluding carboxylic acids is 2. The van der Waals surface area contributed by atoms with Crippen LogP contribution in [0.2, 0.25) is 5.02 Å². The Labute approximate surface area is 130 Å². The molecule has 0 unspecified atom stereocenters. The number of halogens is 1. The Morgan fingerprint density at radius 2 is 1.67 bits per heavy atom. The monoisotopic (exact) mass is 312 g/mol. The number of nitrogens with one attached hydrogen (secondary N) is 2. The number of rotatable bonds is 3. The van der Waals surface area contributed by atoms with Crippen molar-refractivity contribution in [1.29, 1.82) is 0 Å². The summed E-state index contributed by atoms with van der Waals surface area (Å²) in [5.74, 6) is -0.140. The first-order valence-corrected chi connectivity index (χ1v) is 6.98. The number of benzene rings is 1.